The van der Waals surface area contributed by atoms with Gasteiger partial charge in [-0.15, -0.1) is 0 Å². The normalized spacial score (nSPS) is 16.5. The highest BCUT2D eigenvalue weighted by Crippen LogP contribution is 2.48. The Balaban J connectivity index is 1.12. The molecule has 6 rings (SSSR count). The van der Waals surface area contributed by atoms with Crippen LogP contribution in [0, 0.1) is 17.8 Å². The predicted octanol–water partition coefficient (Wildman–Crippen LogP) is 5.30. The molecule has 2 saturated carbocycles. The van der Waals surface area contributed by atoms with E-state index in [1.807, 2.05) is 0 Å². The number of ether oxygens (including phenoxy) is 1. The minimum absolute atomic E-state index is 0.203. The molecule has 0 saturated heterocycles. The van der Waals surface area contributed by atoms with E-state index in [9.17, 15) is 58.8 Å². The summed E-state index contributed by atoms with van der Waals surface area (Å²) in [6.07, 6.45) is 4.35. The van der Waals surface area contributed by atoms with E-state index in [1.165, 1.54) is 62.0 Å². The molecule has 298 valence electrons. The summed E-state index contributed by atoms with van der Waals surface area (Å²) in [6.45, 7) is 0.348. The van der Waals surface area contributed by atoms with Crippen molar-refractivity contribution < 1.29 is 63.5 Å². The average Bonchev–Trinajstić information content (AvgIpc) is 3.84. The van der Waals surface area contributed by atoms with Gasteiger partial charge in [-0.05, 0) is 110 Å². The fraction of sp³-hybridized carbons (Fsp3) is 0.220. The summed E-state index contributed by atoms with van der Waals surface area (Å²) in [7, 11) is 1.25. The third-order valence-corrected chi connectivity index (χ3v) is 10.3. The largest absolute Gasteiger partial charge is 0.478 e. The van der Waals surface area contributed by atoms with Gasteiger partial charge in [0.15, 0.2) is 0 Å². The van der Waals surface area contributed by atoms with Crippen LogP contribution >= 0.6 is 0 Å². The summed E-state index contributed by atoms with van der Waals surface area (Å²) in [5, 5.41) is 48.9. The van der Waals surface area contributed by atoms with Crippen molar-refractivity contribution in [2.45, 2.75) is 25.7 Å². The molecule has 4 aromatic carbocycles. The van der Waals surface area contributed by atoms with Gasteiger partial charge in [0.25, 0.3) is 23.6 Å². The smallest absolute Gasteiger partial charge is 0.336 e. The third-order valence-electron chi connectivity index (χ3n) is 10.3. The number of amides is 4. The van der Waals surface area contributed by atoms with Crippen molar-refractivity contribution in [1.82, 2.24) is 10.6 Å². The van der Waals surface area contributed by atoms with Crippen LogP contribution in [0.2, 0.25) is 0 Å². The summed E-state index contributed by atoms with van der Waals surface area (Å²) < 4.78 is 5.83. The minimum atomic E-state index is -1.58. The molecule has 4 amide bonds. The number of benzene rings is 4. The molecule has 17 nitrogen and oxygen atoms in total. The molecular weight excluding hydrogens is 756 g/mol. The van der Waals surface area contributed by atoms with Crippen molar-refractivity contribution in [3.8, 4) is 11.5 Å². The molecule has 0 heterocycles. The van der Waals surface area contributed by atoms with E-state index in [1.54, 1.807) is 0 Å². The molecule has 2 aliphatic carbocycles. The summed E-state index contributed by atoms with van der Waals surface area (Å²) in [4.78, 5) is 99.7. The van der Waals surface area contributed by atoms with Gasteiger partial charge in [0.2, 0.25) is 0 Å². The van der Waals surface area contributed by atoms with Crippen LogP contribution in [-0.4, -0.2) is 81.5 Å². The Morgan fingerprint density at radius 2 is 0.931 bits per heavy atom. The van der Waals surface area contributed by atoms with Gasteiger partial charge < -0.3 is 46.4 Å². The molecular formula is C41H36N4O13. The monoisotopic (exact) mass is 792 g/mol. The minimum Gasteiger partial charge on any atom is -0.478 e. The van der Waals surface area contributed by atoms with Crippen molar-refractivity contribution in [3.05, 3.63) is 117 Å². The van der Waals surface area contributed by atoms with E-state index >= 15 is 0 Å². The van der Waals surface area contributed by atoms with E-state index in [-0.39, 0.29) is 22.9 Å². The fourth-order valence-electron chi connectivity index (χ4n) is 7.48. The molecule has 17 heteroatoms. The lowest BCUT2D eigenvalue weighted by atomic mass is 9.88. The summed E-state index contributed by atoms with van der Waals surface area (Å²) >= 11 is 0. The van der Waals surface area contributed by atoms with Crippen LogP contribution in [0.4, 0.5) is 11.4 Å². The Kier molecular flexibility index (Phi) is 11.5. The lowest BCUT2D eigenvalue weighted by molar-refractivity contribution is 0.0672. The molecule has 0 aliphatic heterocycles. The van der Waals surface area contributed by atoms with Crippen LogP contribution in [0.5, 0.6) is 11.5 Å². The number of hydrogen-bond donors (Lipinski definition) is 8. The molecule has 2 aliphatic rings. The molecule has 3 atom stereocenters. The van der Waals surface area contributed by atoms with Gasteiger partial charge in [-0.1, -0.05) is 6.42 Å². The Morgan fingerprint density at radius 3 is 1.29 bits per heavy atom. The first-order valence-corrected chi connectivity index (χ1v) is 17.9. The maximum Gasteiger partial charge on any atom is 0.336 e. The molecule has 8 N–H and O–H groups in total. The lowest BCUT2D eigenvalue weighted by Gasteiger charge is -2.22. The van der Waals surface area contributed by atoms with E-state index < -0.39 is 86.5 Å². The first-order valence-electron chi connectivity index (χ1n) is 17.9. The number of aromatic carboxylic acids is 4. The van der Waals surface area contributed by atoms with Gasteiger partial charge in [-0.3, -0.25) is 19.2 Å². The summed E-state index contributed by atoms with van der Waals surface area (Å²) in [6, 6.07) is 15.1. The highest BCUT2D eigenvalue weighted by Gasteiger charge is 2.39. The molecule has 3 unspecified atom stereocenters. The first-order chi connectivity index (χ1) is 27.6. The molecule has 2 fully saturated rings. The van der Waals surface area contributed by atoms with E-state index in [0.717, 1.165) is 43.5 Å². The maximum absolute atomic E-state index is 13.4. The zero-order valence-electron chi connectivity index (χ0n) is 30.7. The maximum atomic E-state index is 13.4. The van der Waals surface area contributed by atoms with Gasteiger partial charge in [-0.25, -0.2) is 19.2 Å². The number of carbonyl (C=O) groups is 8. The van der Waals surface area contributed by atoms with E-state index in [4.69, 9.17) is 4.74 Å². The molecule has 2 bridgehead atoms. The fourth-order valence-corrected chi connectivity index (χ4v) is 7.48. The summed E-state index contributed by atoms with van der Waals surface area (Å²) in [5.74, 6) is -7.61. The van der Waals surface area contributed by atoms with Crippen LogP contribution in [0.1, 0.15) is 109 Å². The van der Waals surface area contributed by atoms with Gasteiger partial charge in [0.1, 0.15) is 11.5 Å². The highest BCUT2D eigenvalue weighted by molar-refractivity contribution is 6.16. The van der Waals surface area contributed by atoms with Crippen molar-refractivity contribution >= 4 is 58.9 Å². The van der Waals surface area contributed by atoms with Crippen LogP contribution in [-0.2, 0) is 0 Å². The number of carbonyl (C=O) groups excluding carboxylic acids is 4. The quantitative estimate of drug-likeness (QED) is 0.0806. The number of carboxylic acid groups (broad SMARTS) is 4. The Morgan fingerprint density at radius 1 is 0.534 bits per heavy atom. The SMILES string of the molecule is CNC(=O)c1cc(C(=O)Nc2ccc(Oc3ccc(NC(=O)c4cc(C(=O)NCC5CC6CCC5C6)c(C(=O)O)cc4C(=O)O)cc3)cc2)c(C(=O)O)cc1C(=O)O. The second kappa shape index (κ2) is 16.7. The number of hydrogen-bond acceptors (Lipinski definition) is 9. The number of nitrogens with one attached hydrogen (secondary N) is 4. The summed E-state index contributed by atoms with van der Waals surface area (Å²) in [5.41, 5.74) is -3.58. The first kappa shape index (κ1) is 40.1. The zero-order valence-corrected chi connectivity index (χ0v) is 30.7. The zero-order chi connectivity index (χ0) is 41.8. The Bertz CT molecular complexity index is 2370. The van der Waals surface area contributed by atoms with Gasteiger partial charge >= 0.3 is 23.9 Å². The van der Waals surface area contributed by atoms with Crippen molar-refractivity contribution in [2.75, 3.05) is 24.2 Å². The third kappa shape index (κ3) is 8.62. The molecule has 0 aromatic heterocycles. The van der Waals surface area contributed by atoms with Crippen molar-refractivity contribution in [1.29, 1.82) is 0 Å². The number of carboxylic acids is 4. The predicted molar refractivity (Wildman–Crippen MR) is 204 cm³/mol. The lowest BCUT2D eigenvalue weighted by Crippen LogP contribution is -2.33. The standard InChI is InChI=1S/C41H36N4O13/c1-42-34(46)26-14-28(32(40(54)55)16-30(26)38(50)51)36(48)44-22-4-8-24(9-5-22)58-25-10-6-23(7-11-25)45-37(49)29-15-27(31(39(52)53)17-33(29)41(56)57)35(47)43-18-21-13-19-2-3-20(21)12-19/h4-11,14-17,19-21H,2-3,12-13,18H2,1H3,(H,42,46)(H,43,47)(H,44,48)(H,45,49)(H,50,51)(H,52,53)(H,54,55)(H,56,57). The Hall–Kier alpha value is -7.56. The number of fused-ring (bicyclic) bond motifs is 2. The number of rotatable bonds is 14. The topological polar surface area (TPSA) is 275 Å². The average molecular weight is 793 g/mol. The van der Waals surface area contributed by atoms with Crippen LogP contribution in [0.25, 0.3) is 0 Å². The Labute approximate surface area is 329 Å². The van der Waals surface area contributed by atoms with E-state index in [2.05, 4.69) is 21.3 Å². The molecule has 0 radical (unpaired) electrons. The van der Waals surface area contributed by atoms with Crippen LogP contribution in [0.15, 0.2) is 72.8 Å². The van der Waals surface area contributed by atoms with Crippen LogP contribution < -0.4 is 26.0 Å². The van der Waals surface area contributed by atoms with Gasteiger partial charge in [-0.2, -0.15) is 0 Å². The van der Waals surface area contributed by atoms with Crippen LogP contribution in [0.3, 0.4) is 0 Å². The van der Waals surface area contributed by atoms with Crippen molar-refractivity contribution in [2.24, 2.45) is 17.8 Å². The highest BCUT2D eigenvalue weighted by atomic mass is 16.5. The van der Waals surface area contributed by atoms with Gasteiger partial charge in [0, 0.05) is 25.0 Å². The molecule has 58 heavy (non-hydrogen) atoms. The number of anilines is 2. The second-order valence-corrected chi connectivity index (χ2v) is 13.9. The molecule has 4 aromatic rings. The van der Waals surface area contributed by atoms with Gasteiger partial charge in [0.05, 0.1) is 44.5 Å². The second-order valence-electron chi connectivity index (χ2n) is 13.9. The van der Waals surface area contributed by atoms with E-state index in [0.29, 0.717) is 29.9 Å². The van der Waals surface area contributed by atoms with Crippen molar-refractivity contribution in [3.63, 3.8) is 0 Å². The molecule has 0 spiro atoms.